The van der Waals surface area contributed by atoms with Gasteiger partial charge in [0.05, 0.1) is 5.69 Å². The lowest BCUT2D eigenvalue weighted by Gasteiger charge is -2.00. The van der Waals surface area contributed by atoms with Crippen LogP contribution in [0.25, 0.3) is 22.6 Å². The molecule has 2 heterocycles. The summed E-state index contributed by atoms with van der Waals surface area (Å²) < 4.78 is 5.76. The van der Waals surface area contributed by atoms with Crippen LogP contribution < -0.4 is 0 Å². The van der Waals surface area contributed by atoms with Crippen molar-refractivity contribution in [2.24, 2.45) is 0 Å². The average Bonchev–Trinajstić information content (AvgIpc) is 3.08. The van der Waals surface area contributed by atoms with Crippen LogP contribution in [-0.4, -0.2) is 4.98 Å². The molecule has 0 amide bonds. The smallest absolute Gasteiger partial charge is 0.226 e. The Morgan fingerprint density at radius 1 is 1.16 bits per heavy atom. The Morgan fingerprint density at radius 2 is 2.00 bits per heavy atom. The van der Waals surface area contributed by atoms with Crippen LogP contribution in [0.5, 0.6) is 0 Å². The van der Waals surface area contributed by atoms with E-state index in [2.05, 4.69) is 40.9 Å². The molecule has 19 heavy (non-hydrogen) atoms. The van der Waals surface area contributed by atoms with Crippen molar-refractivity contribution in [3.63, 3.8) is 0 Å². The van der Waals surface area contributed by atoms with Crippen molar-refractivity contribution in [3.8, 4) is 22.6 Å². The summed E-state index contributed by atoms with van der Waals surface area (Å²) in [5, 5.41) is 4.24. The zero-order valence-electron chi connectivity index (χ0n) is 11.0. The van der Waals surface area contributed by atoms with Gasteiger partial charge in [0.1, 0.15) is 5.76 Å². The van der Waals surface area contributed by atoms with Crippen LogP contribution in [-0.2, 0) is 6.42 Å². The summed E-state index contributed by atoms with van der Waals surface area (Å²) in [6.07, 6.45) is 0.902. The lowest BCUT2D eigenvalue weighted by molar-refractivity contribution is 0.540. The van der Waals surface area contributed by atoms with Crippen molar-refractivity contribution in [1.82, 2.24) is 4.98 Å². The molecule has 3 rings (SSSR count). The number of hydrogen-bond donors (Lipinski definition) is 0. The lowest BCUT2D eigenvalue weighted by Crippen LogP contribution is -1.83. The average molecular weight is 269 g/mol. The second-order valence-corrected chi connectivity index (χ2v) is 5.25. The van der Waals surface area contributed by atoms with Crippen molar-refractivity contribution in [2.75, 3.05) is 0 Å². The Balaban J connectivity index is 2.03. The van der Waals surface area contributed by atoms with E-state index in [1.54, 1.807) is 11.3 Å². The van der Waals surface area contributed by atoms with E-state index in [1.807, 2.05) is 19.1 Å². The molecule has 0 spiro atoms. The van der Waals surface area contributed by atoms with Gasteiger partial charge in [0.2, 0.25) is 5.89 Å². The Morgan fingerprint density at radius 3 is 2.68 bits per heavy atom. The fourth-order valence-corrected chi connectivity index (χ4v) is 2.81. The zero-order chi connectivity index (χ0) is 13.2. The molecule has 0 saturated carbocycles. The fraction of sp³-hybridized carbons (Fsp3) is 0.188. The monoisotopic (exact) mass is 269 g/mol. The Bertz CT molecular complexity index is 683. The molecule has 3 aromatic rings. The quantitative estimate of drug-likeness (QED) is 0.673. The third kappa shape index (κ3) is 2.34. The second-order valence-electron chi connectivity index (χ2n) is 4.47. The molecule has 2 aromatic heterocycles. The molecule has 2 nitrogen and oxygen atoms in total. The van der Waals surface area contributed by atoms with Crippen molar-refractivity contribution in [1.29, 1.82) is 0 Å². The maximum Gasteiger partial charge on any atom is 0.226 e. The number of hydrogen-bond acceptors (Lipinski definition) is 3. The summed E-state index contributed by atoms with van der Waals surface area (Å²) in [5.74, 6) is 1.63. The van der Waals surface area contributed by atoms with Crippen LogP contribution in [0.1, 0.15) is 18.4 Å². The predicted octanol–water partition coefficient (Wildman–Crippen LogP) is 4.94. The summed E-state index contributed by atoms with van der Waals surface area (Å²) in [4.78, 5) is 4.56. The highest BCUT2D eigenvalue weighted by Gasteiger charge is 2.10. The molecule has 0 aliphatic carbocycles. The summed E-state index contributed by atoms with van der Waals surface area (Å²) in [7, 11) is 0. The summed E-state index contributed by atoms with van der Waals surface area (Å²) in [6, 6.07) is 10.5. The lowest BCUT2D eigenvalue weighted by atomic mass is 10.1. The van der Waals surface area contributed by atoms with Gasteiger partial charge in [-0.1, -0.05) is 19.1 Å². The number of nitrogens with zero attached hydrogens (tertiary/aromatic N) is 1. The predicted molar refractivity (Wildman–Crippen MR) is 79.4 cm³/mol. The van der Waals surface area contributed by atoms with Crippen LogP contribution >= 0.6 is 11.3 Å². The number of aromatic nitrogens is 1. The first-order valence-electron chi connectivity index (χ1n) is 6.37. The molecule has 3 heteroatoms. The first-order valence-corrected chi connectivity index (χ1v) is 7.31. The minimum absolute atomic E-state index is 0.714. The maximum atomic E-state index is 5.76. The van der Waals surface area contributed by atoms with Gasteiger partial charge in [-0.25, -0.2) is 4.98 Å². The molecular weight excluding hydrogens is 254 g/mol. The minimum atomic E-state index is 0.714. The van der Waals surface area contributed by atoms with Gasteiger partial charge in [-0.15, -0.1) is 0 Å². The van der Waals surface area contributed by atoms with Gasteiger partial charge in [-0.2, -0.15) is 11.3 Å². The Hall–Kier alpha value is -1.87. The second kappa shape index (κ2) is 5.02. The highest BCUT2D eigenvalue weighted by Crippen LogP contribution is 2.28. The molecule has 0 saturated heterocycles. The maximum absolute atomic E-state index is 5.76. The molecule has 0 bridgehead atoms. The molecule has 0 aliphatic heterocycles. The molecule has 0 atom stereocenters. The molecule has 0 unspecified atom stereocenters. The topological polar surface area (TPSA) is 26.0 Å². The fourth-order valence-electron chi connectivity index (χ4n) is 2.14. The summed E-state index contributed by atoms with van der Waals surface area (Å²) in [6.45, 7) is 4.06. The first-order chi connectivity index (χ1) is 9.28. The molecule has 0 aliphatic rings. The van der Waals surface area contributed by atoms with Gasteiger partial charge in [-0.05, 0) is 53.4 Å². The number of benzene rings is 1. The van der Waals surface area contributed by atoms with E-state index < -0.39 is 0 Å². The molecular formula is C16H15NOS. The van der Waals surface area contributed by atoms with Crippen molar-refractivity contribution < 1.29 is 4.42 Å². The van der Waals surface area contributed by atoms with E-state index in [0.29, 0.717) is 5.89 Å². The molecule has 0 fully saturated rings. The van der Waals surface area contributed by atoms with Gasteiger partial charge in [0, 0.05) is 5.56 Å². The van der Waals surface area contributed by atoms with E-state index in [0.717, 1.165) is 23.4 Å². The summed E-state index contributed by atoms with van der Waals surface area (Å²) >= 11 is 1.71. The Labute approximate surface area is 116 Å². The van der Waals surface area contributed by atoms with Crippen LogP contribution in [0.15, 0.2) is 45.5 Å². The van der Waals surface area contributed by atoms with E-state index in [9.17, 15) is 0 Å². The third-order valence-corrected chi connectivity index (χ3v) is 3.87. The summed E-state index contributed by atoms with van der Waals surface area (Å²) in [5.41, 5.74) is 4.51. The zero-order valence-corrected chi connectivity index (χ0v) is 11.8. The minimum Gasteiger partial charge on any atom is -0.441 e. The normalized spacial score (nSPS) is 10.8. The molecule has 0 radical (unpaired) electrons. The highest BCUT2D eigenvalue weighted by atomic mass is 32.1. The van der Waals surface area contributed by atoms with E-state index in [-0.39, 0.29) is 0 Å². The largest absolute Gasteiger partial charge is 0.441 e. The standard InChI is InChI=1S/C16H15NOS/c1-3-15-11(2)18-16(17-15)13-6-4-5-12(9-13)14-7-8-19-10-14/h4-10H,3H2,1-2H3. The third-order valence-electron chi connectivity index (χ3n) is 3.19. The van der Waals surface area contributed by atoms with Gasteiger partial charge in [0.15, 0.2) is 0 Å². The first kappa shape index (κ1) is 12.2. The van der Waals surface area contributed by atoms with Gasteiger partial charge < -0.3 is 4.42 Å². The van der Waals surface area contributed by atoms with Gasteiger partial charge >= 0.3 is 0 Å². The molecule has 1 aromatic carbocycles. The van der Waals surface area contributed by atoms with Crippen LogP contribution in [0.4, 0.5) is 0 Å². The van der Waals surface area contributed by atoms with Crippen LogP contribution in [0.3, 0.4) is 0 Å². The number of rotatable bonds is 3. The number of oxazole rings is 1. The van der Waals surface area contributed by atoms with Gasteiger partial charge in [-0.3, -0.25) is 0 Å². The van der Waals surface area contributed by atoms with Crippen molar-refractivity contribution in [3.05, 3.63) is 52.5 Å². The van der Waals surface area contributed by atoms with Crippen molar-refractivity contribution >= 4 is 11.3 Å². The highest BCUT2D eigenvalue weighted by molar-refractivity contribution is 7.08. The van der Waals surface area contributed by atoms with E-state index in [1.165, 1.54) is 11.1 Å². The van der Waals surface area contributed by atoms with E-state index >= 15 is 0 Å². The van der Waals surface area contributed by atoms with Gasteiger partial charge in [0.25, 0.3) is 0 Å². The Kier molecular flexibility index (Phi) is 3.22. The molecule has 96 valence electrons. The SMILES string of the molecule is CCc1nc(-c2cccc(-c3ccsc3)c2)oc1C. The van der Waals surface area contributed by atoms with Crippen LogP contribution in [0.2, 0.25) is 0 Å². The van der Waals surface area contributed by atoms with Crippen LogP contribution in [0, 0.1) is 6.92 Å². The molecule has 0 N–H and O–H groups in total. The van der Waals surface area contributed by atoms with Crippen molar-refractivity contribution in [2.45, 2.75) is 20.3 Å². The van der Waals surface area contributed by atoms with E-state index in [4.69, 9.17) is 4.42 Å². The number of aryl methyl sites for hydroxylation is 2. The number of thiophene rings is 1.